The Hall–Kier alpha value is -9.51. The number of aromatic nitrogens is 16. The first-order valence-corrected chi connectivity index (χ1v) is 32.8. The van der Waals surface area contributed by atoms with Crippen molar-refractivity contribution < 1.29 is 29.7 Å². The second-order valence-corrected chi connectivity index (χ2v) is 22.2. The van der Waals surface area contributed by atoms with Crippen molar-refractivity contribution in [3.8, 4) is 46.1 Å². The van der Waals surface area contributed by atoms with Crippen LogP contribution in [0.3, 0.4) is 0 Å². The van der Waals surface area contributed by atoms with Crippen molar-refractivity contribution >= 4 is 109 Å². The van der Waals surface area contributed by atoms with E-state index in [1.807, 2.05) is 41.5 Å². The zero-order valence-electron chi connectivity index (χ0n) is 54.7. The molecule has 7 aromatic heterocycles. The van der Waals surface area contributed by atoms with Crippen LogP contribution in [-0.2, 0) is 14.4 Å². The molecule has 30 heteroatoms. The highest BCUT2D eigenvalue weighted by Crippen LogP contribution is 2.40. The van der Waals surface area contributed by atoms with Gasteiger partial charge in [0.2, 0.25) is 0 Å². The van der Waals surface area contributed by atoms with Crippen molar-refractivity contribution in [1.29, 1.82) is 0 Å². The maximum Gasteiger partial charge on any atom is 0.303 e. The van der Waals surface area contributed by atoms with Gasteiger partial charge in [0, 0.05) is 104 Å². The Labute approximate surface area is 534 Å². The molecule has 2 aliphatic heterocycles. The lowest BCUT2D eigenvalue weighted by molar-refractivity contribution is -0.138. The van der Waals surface area contributed by atoms with Crippen molar-refractivity contribution in [3.05, 3.63) is 0 Å². The molecular formula is C62H88N24O6. The Bertz CT molecular complexity index is 3900. The average molecular weight is 1270 g/mol. The van der Waals surface area contributed by atoms with Gasteiger partial charge in [0.15, 0.2) is 92.4 Å². The third kappa shape index (κ3) is 14.8. The predicted octanol–water partition coefficient (Wildman–Crippen LogP) is 9.43. The van der Waals surface area contributed by atoms with Crippen LogP contribution in [0, 0.1) is 0 Å². The average Bonchev–Trinajstić information content (AvgIpc) is 1.59. The van der Waals surface area contributed by atoms with Crippen molar-refractivity contribution in [1.82, 2.24) is 79.7 Å². The summed E-state index contributed by atoms with van der Waals surface area (Å²) in [4.78, 5) is 127. The van der Waals surface area contributed by atoms with Crippen LogP contribution in [0.4, 0.5) is 46.5 Å². The molecule has 492 valence electrons. The Morgan fingerprint density at radius 3 is 0.848 bits per heavy atom. The molecule has 9 rings (SSSR count). The van der Waals surface area contributed by atoms with Crippen LogP contribution in [0.15, 0.2) is 0 Å². The van der Waals surface area contributed by atoms with E-state index in [2.05, 4.69) is 78.1 Å². The molecule has 92 heavy (non-hydrogen) atoms. The summed E-state index contributed by atoms with van der Waals surface area (Å²) >= 11 is 0. The molecule has 8 N–H and O–H groups in total. The van der Waals surface area contributed by atoms with Gasteiger partial charge in [-0.25, -0.2) is 69.8 Å². The topological polar surface area (TPSA) is 376 Å². The molecule has 0 spiro atoms. The first-order valence-electron chi connectivity index (χ1n) is 32.8. The second kappa shape index (κ2) is 31.0. The van der Waals surface area contributed by atoms with E-state index in [-0.39, 0.29) is 65.1 Å². The number of aromatic amines is 2. The lowest BCUT2D eigenvalue weighted by Gasteiger charge is -2.27. The SMILES string of the molecule is CCN(CC)c1nc2c(nc1NCCCCCC(=O)O)-c1nc-2nc2[nH]c(nc3nc(nc4[nH]c(n1)c1nc(N(CC)CC)c(N(CC)CC)nc41)-c1nc(N(CC)CC)c(NCCCCCC(=O)O)nc1-3)c1nc(N(CC)CC)c(NCCCCCC(=O)O)nc21. The molecule has 0 fully saturated rings. The van der Waals surface area contributed by atoms with Crippen LogP contribution < -0.4 is 40.4 Å². The van der Waals surface area contributed by atoms with Gasteiger partial charge >= 0.3 is 17.9 Å². The smallest absolute Gasteiger partial charge is 0.303 e. The fourth-order valence-electron chi connectivity index (χ4n) is 11.3. The van der Waals surface area contributed by atoms with Crippen molar-refractivity contribution in [2.45, 2.75) is 146 Å². The molecule has 0 aliphatic carbocycles. The maximum absolute atomic E-state index is 11.4. The molecule has 0 saturated carbocycles. The van der Waals surface area contributed by atoms with E-state index < -0.39 is 17.9 Å². The summed E-state index contributed by atoms with van der Waals surface area (Å²) in [6.07, 6.45) is 5.98. The van der Waals surface area contributed by atoms with E-state index in [1.165, 1.54) is 0 Å². The second-order valence-electron chi connectivity index (χ2n) is 22.2. The van der Waals surface area contributed by atoms with Gasteiger partial charge in [-0.1, -0.05) is 19.3 Å². The van der Waals surface area contributed by atoms with Gasteiger partial charge in [-0.3, -0.25) is 14.4 Å². The van der Waals surface area contributed by atoms with Gasteiger partial charge in [0.25, 0.3) is 0 Å². The number of anilines is 8. The molecule has 0 saturated heterocycles. The highest BCUT2D eigenvalue weighted by Gasteiger charge is 2.32. The minimum Gasteiger partial charge on any atom is -0.481 e. The van der Waals surface area contributed by atoms with E-state index in [1.54, 1.807) is 0 Å². The van der Waals surface area contributed by atoms with Crippen molar-refractivity contribution in [2.75, 3.05) is 126 Å². The molecule has 7 aromatic rings. The molecule has 2 aliphatic rings. The van der Waals surface area contributed by atoms with Gasteiger partial charge < -0.3 is 65.7 Å². The predicted molar refractivity (Wildman–Crippen MR) is 360 cm³/mol. The number of rotatable bonds is 36. The molecule has 9 heterocycles. The Morgan fingerprint density at radius 1 is 0.304 bits per heavy atom. The Morgan fingerprint density at radius 2 is 0.554 bits per heavy atom. The number of carboxylic acid groups (broad SMARTS) is 3. The van der Waals surface area contributed by atoms with Crippen molar-refractivity contribution in [2.24, 2.45) is 0 Å². The number of nitrogens with zero attached hydrogens (tertiary/aromatic N) is 19. The minimum atomic E-state index is -0.835. The molecule has 0 aromatic carbocycles. The zero-order chi connectivity index (χ0) is 65.6. The van der Waals surface area contributed by atoms with Crippen LogP contribution in [0.5, 0.6) is 0 Å². The molecule has 8 bridgehead atoms. The number of carbonyl (C=O) groups is 3. The normalized spacial score (nSPS) is 11.6. The summed E-state index contributed by atoms with van der Waals surface area (Å²) in [6.45, 7) is 28.2. The highest BCUT2D eigenvalue weighted by molar-refractivity contribution is 6.03. The molecule has 0 radical (unpaired) electrons. The summed E-state index contributed by atoms with van der Waals surface area (Å²) in [5.41, 5.74) is 3.89. The summed E-state index contributed by atoms with van der Waals surface area (Å²) in [5, 5.41) is 38.6. The van der Waals surface area contributed by atoms with E-state index in [0.29, 0.717) is 234 Å². The van der Waals surface area contributed by atoms with Gasteiger partial charge in [-0.05, 0) is 108 Å². The van der Waals surface area contributed by atoms with E-state index >= 15 is 0 Å². The molecule has 30 nitrogen and oxygen atoms in total. The summed E-state index contributed by atoms with van der Waals surface area (Å²) in [7, 11) is 0. The lowest BCUT2D eigenvalue weighted by atomic mass is 10.2. The fraction of sp³-hybridized carbons (Fsp3) is 0.565. The number of hydrogen-bond acceptors (Lipinski definition) is 25. The quantitative estimate of drug-likeness (QED) is 0.0169. The van der Waals surface area contributed by atoms with Gasteiger partial charge in [0.1, 0.15) is 44.8 Å². The first kappa shape index (κ1) is 66.9. The van der Waals surface area contributed by atoms with Gasteiger partial charge in [-0.15, -0.1) is 0 Å². The van der Waals surface area contributed by atoms with Crippen LogP contribution >= 0.6 is 0 Å². The number of carboxylic acids is 3. The number of H-pyrrole nitrogens is 2. The van der Waals surface area contributed by atoms with E-state index in [4.69, 9.17) is 69.8 Å². The van der Waals surface area contributed by atoms with E-state index in [9.17, 15) is 29.7 Å². The van der Waals surface area contributed by atoms with Gasteiger partial charge in [0.05, 0.1) is 0 Å². The molecule has 0 amide bonds. The molecular weight excluding hydrogens is 1180 g/mol. The van der Waals surface area contributed by atoms with Crippen LogP contribution in [-0.4, -0.2) is 198 Å². The van der Waals surface area contributed by atoms with Crippen molar-refractivity contribution in [3.63, 3.8) is 0 Å². The zero-order valence-corrected chi connectivity index (χ0v) is 54.7. The maximum atomic E-state index is 11.4. The van der Waals surface area contributed by atoms with E-state index in [0.717, 1.165) is 0 Å². The number of unbranched alkanes of at least 4 members (excludes halogenated alkanes) is 6. The number of aliphatic carboxylic acids is 3. The third-order valence-electron chi connectivity index (χ3n) is 16.4. The van der Waals surface area contributed by atoms with Crippen LogP contribution in [0.25, 0.3) is 90.7 Å². The fourth-order valence-corrected chi connectivity index (χ4v) is 11.3. The summed E-state index contributed by atoms with van der Waals surface area (Å²) in [6, 6.07) is 0. The highest BCUT2D eigenvalue weighted by atomic mass is 16.4. The summed E-state index contributed by atoms with van der Waals surface area (Å²) in [5.74, 6) is 2.66. The standard InChI is InChI=1S/C62H88N24O6/c1-11-82(12-2)58-55(63-33-27-21-24-30-36(87)88)66-39-42(69-58)50-74-47(39)75-51-43-40(67-56(59(70-43)83(13-3)14-4)64-34-28-22-25-31-37(89)90)49(77-51)79-53-45-46(73-62(86(19-9)20-10)61(72-45)85(17-7)18-8)54(81-53)80-52-44-41(48(76-50)78-52)68-57(60(71-44)84(15-5)16-6)65-35-29-23-26-32-38(91)92/h11-35H2,1-10H3,(H,63,66)(H,64,67)(H,65,68)(H,87,88)(H,89,90)(H,91,92)(H2,74,75,76,77,78,79,80,81). The molecule has 0 unspecified atom stereocenters. The van der Waals surface area contributed by atoms with Crippen LogP contribution in [0.1, 0.15) is 146 Å². The van der Waals surface area contributed by atoms with Crippen LogP contribution in [0.2, 0.25) is 0 Å². The molecule has 0 atom stereocenters. The summed E-state index contributed by atoms with van der Waals surface area (Å²) < 4.78 is 0. The number of hydrogen-bond donors (Lipinski definition) is 8. The lowest BCUT2D eigenvalue weighted by Crippen LogP contribution is -2.30. The Balaban J connectivity index is 1.41. The Kier molecular flexibility index (Phi) is 22.5. The largest absolute Gasteiger partial charge is 0.481 e. The number of nitrogens with one attached hydrogen (secondary N) is 5. The first-order chi connectivity index (χ1) is 44.6. The minimum absolute atomic E-state index is 0.0804. The third-order valence-corrected chi connectivity index (χ3v) is 16.4. The monoisotopic (exact) mass is 1260 g/mol. The number of fused-ring (bicyclic) bond motifs is 20. The van der Waals surface area contributed by atoms with Gasteiger partial charge in [-0.2, -0.15) is 0 Å².